The number of rotatable bonds is 6. The van der Waals surface area contributed by atoms with E-state index in [4.69, 9.17) is 14.4 Å². The molecule has 2 N–H and O–H groups in total. The number of nitrogens with one attached hydrogen (secondary N) is 2. The monoisotopic (exact) mass is 429 g/mol. The van der Waals surface area contributed by atoms with Crippen molar-refractivity contribution in [1.82, 2.24) is 0 Å². The molecule has 0 saturated carbocycles. The van der Waals surface area contributed by atoms with Crippen LogP contribution in [0, 0.1) is 11.3 Å². The normalized spacial score (nSPS) is 10.8. The summed E-state index contributed by atoms with van der Waals surface area (Å²) in [5.74, 6) is -1.52. The number of hydrogen-bond acceptors (Lipinski definition) is 5. The molecule has 0 aliphatic carbocycles. The van der Waals surface area contributed by atoms with E-state index in [0.717, 1.165) is 6.07 Å². The van der Waals surface area contributed by atoms with Crippen molar-refractivity contribution in [2.24, 2.45) is 0 Å². The first-order chi connectivity index (χ1) is 14.8. The molecule has 0 fully saturated rings. The van der Waals surface area contributed by atoms with Crippen LogP contribution < -0.4 is 15.4 Å². The number of nitrogens with zero attached hydrogens (tertiary/aromatic N) is 1. The summed E-state index contributed by atoms with van der Waals surface area (Å²) in [5, 5.41) is 13.4. The second-order valence-corrected chi connectivity index (χ2v) is 6.13. The van der Waals surface area contributed by atoms with E-state index in [1.165, 1.54) is 36.6 Å². The lowest BCUT2D eigenvalue weighted by atomic mass is 10.1. The van der Waals surface area contributed by atoms with Crippen molar-refractivity contribution in [1.29, 1.82) is 5.26 Å². The van der Waals surface area contributed by atoms with E-state index in [-0.39, 0.29) is 22.8 Å². The van der Waals surface area contributed by atoms with Crippen molar-refractivity contribution in [3.8, 4) is 11.8 Å². The summed E-state index contributed by atoms with van der Waals surface area (Å²) in [6.07, 6.45) is -3.55. The van der Waals surface area contributed by atoms with Gasteiger partial charge in [0.1, 0.15) is 11.8 Å². The highest BCUT2D eigenvalue weighted by atomic mass is 19.4. The zero-order valence-electron chi connectivity index (χ0n) is 15.7. The number of benzene rings is 2. The Labute approximate surface area is 174 Å². The Bertz CT molecular complexity index is 1140. The molecular formula is C21H14F3N3O4. The Hall–Kier alpha value is -4.26. The summed E-state index contributed by atoms with van der Waals surface area (Å²) in [7, 11) is 0. The number of carbonyl (C=O) groups is 2. The van der Waals surface area contributed by atoms with E-state index < -0.39 is 35.8 Å². The maximum atomic E-state index is 13.5. The summed E-state index contributed by atoms with van der Waals surface area (Å²) < 4.78 is 50.6. The van der Waals surface area contributed by atoms with Gasteiger partial charge < -0.3 is 19.8 Å². The second kappa shape index (κ2) is 9.04. The largest absolute Gasteiger partial charge is 0.482 e. The van der Waals surface area contributed by atoms with Gasteiger partial charge in [0, 0.05) is 5.69 Å². The molecule has 31 heavy (non-hydrogen) atoms. The van der Waals surface area contributed by atoms with E-state index >= 15 is 0 Å². The summed E-state index contributed by atoms with van der Waals surface area (Å²) >= 11 is 0. The maximum absolute atomic E-state index is 13.5. The van der Waals surface area contributed by atoms with Gasteiger partial charge in [-0.1, -0.05) is 12.1 Å². The molecular weight excluding hydrogens is 415 g/mol. The summed E-state index contributed by atoms with van der Waals surface area (Å²) in [6, 6.07) is 13.8. The molecule has 0 saturated heterocycles. The molecule has 10 heteroatoms. The minimum atomic E-state index is -4.80. The van der Waals surface area contributed by atoms with Gasteiger partial charge in [-0.2, -0.15) is 18.4 Å². The van der Waals surface area contributed by atoms with Gasteiger partial charge in [0.15, 0.2) is 12.4 Å². The van der Waals surface area contributed by atoms with Crippen LogP contribution in [0.5, 0.6) is 5.75 Å². The quantitative estimate of drug-likeness (QED) is 0.603. The lowest BCUT2D eigenvalue weighted by Crippen LogP contribution is -2.23. The number of carbonyl (C=O) groups excluding carboxylic acids is 2. The number of furan rings is 1. The Morgan fingerprint density at radius 3 is 2.52 bits per heavy atom. The number of amides is 2. The standard InChI is InChI=1S/C21H14F3N3O4/c22-21(23,24)15-10-14(26-20(29)18-6-3-9-30-18)7-8-16(15)27-19(28)12-31-17-5-2-1-4-13(17)11-25/h1-10H,12H2,(H,26,29)(H,27,28). The average Bonchev–Trinajstić information content (AvgIpc) is 3.28. The Kier molecular flexibility index (Phi) is 6.26. The van der Waals surface area contributed by atoms with Crippen LogP contribution >= 0.6 is 0 Å². The Morgan fingerprint density at radius 2 is 1.84 bits per heavy atom. The molecule has 1 aromatic heterocycles. The van der Waals surface area contributed by atoms with Crippen LogP contribution in [-0.4, -0.2) is 18.4 Å². The SMILES string of the molecule is N#Cc1ccccc1OCC(=O)Nc1ccc(NC(=O)c2ccco2)cc1C(F)(F)F. The topological polar surface area (TPSA) is 104 Å². The van der Waals surface area contributed by atoms with Crippen LogP contribution in [0.2, 0.25) is 0 Å². The third-order valence-electron chi connectivity index (χ3n) is 3.97. The molecule has 0 unspecified atom stereocenters. The zero-order valence-corrected chi connectivity index (χ0v) is 15.7. The van der Waals surface area contributed by atoms with Crippen molar-refractivity contribution in [3.63, 3.8) is 0 Å². The lowest BCUT2D eigenvalue weighted by molar-refractivity contribution is -0.137. The molecule has 7 nitrogen and oxygen atoms in total. The summed E-state index contributed by atoms with van der Waals surface area (Å²) in [4.78, 5) is 24.1. The van der Waals surface area contributed by atoms with Gasteiger partial charge in [-0.25, -0.2) is 0 Å². The van der Waals surface area contributed by atoms with Crippen molar-refractivity contribution < 1.29 is 31.9 Å². The van der Waals surface area contributed by atoms with Crippen molar-refractivity contribution >= 4 is 23.2 Å². The van der Waals surface area contributed by atoms with Crippen LogP contribution in [0.15, 0.2) is 65.3 Å². The molecule has 0 atom stereocenters. The third-order valence-corrected chi connectivity index (χ3v) is 3.97. The molecule has 158 valence electrons. The fraction of sp³-hybridized carbons (Fsp3) is 0.0952. The number of alkyl halides is 3. The predicted molar refractivity (Wildman–Crippen MR) is 103 cm³/mol. The highest BCUT2D eigenvalue weighted by molar-refractivity contribution is 6.02. The number of para-hydroxylation sites is 1. The predicted octanol–water partition coefficient (Wildman–Crippen LogP) is 4.44. The summed E-state index contributed by atoms with van der Waals surface area (Å²) in [5.41, 5.74) is -1.62. The Balaban J connectivity index is 1.73. The van der Waals surface area contributed by atoms with Crippen LogP contribution in [-0.2, 0) is 11.0 Å². The first kappa shape index (κ1) is 21.4. The minimum absolute atomic E-state index is 0.0688. The molecule has 0 aliphatic heterocycles. The van der Waals surface area contributed by atoms with E-state index in [0.29, 0.717) is 6.07 Å². The van der Waals surface area contributed by atoms with Gasteiger partial charge in [-0.05, 0) is 42.5 Å². The van der Waals surface area contributed by atoms with Gasteiger partial charge in [-0.15, -0.1) is 0 Å². The molecule has 2 aromatic carbocycles. The van der Waals surface area contributed by atoms with Gasteiger partial charge in [0.2, 0.25) is 0 Å². The van der Waals surface area contributed by atoms with Crippen LogP contribution in [0.3, 0.4) is 0 Å². The molecule has 2 amide bonds. The zero-order chi connectivity index (χ0) is 22.4. The Morgan fingerprint density at radius 1 is 1.06 bits per heavy atom. The van der Waals surface area contributed by atoms with Gasteiger partial charge in [0.25, 0.3) is 11.8 Å². The molecule has 1 heterocycles. The highest BCUT2D eigenvalue weighted by Gasteiger charge is 2.34. The number of hydrogen-bond donors (Lipinski definition) is 2. The summed E-state index contributed by atoms with van der Waals surface area (Å²) in [6.45, 7) is -0.604. The van der Waals surface area contributed by atoms with Gasteiger partial charge >= 0.3 is 6.18 Å². The van der Waals surface area contributed by atoms with E-state index in [9.17, 15) is 22.8 Å². The van der Waals surface area contributed by atoms with Crippen molar-refractivity contribution in [2.75, 3.05) is 17.2 Å². The molecule has 3 aromatic rings. The smallest absolute Gasteiger partial charge is 0.418 e. The van der Waals surface area contributed by atoms with Gasteiger partial charge in [-0.3, -0.25) is 9.59 Å². The first-order valence-electron chi connectivity index (χ1n) is 8.76. The molecule has 0 radical (unpaired) electrons. The second-order valence-electron chi connectivity index (χ2n) is 6.13. The van der Waals surface area contributed by atoms with Gasteiger partial charge in [0.05, 0.1) is 23.1 Å². The molecule has 0 aliphatic rings. The van der Waals surface area contributed by atoms with E-state index in [2.05, 4.69) is 10.6 Å². The molecule has 3 rings (SSSR count). The number of nitriles is 1. The van der Waals surface area contributed by atoms with Crippen molar-refractivity contribution in [2.45, 2.75) is 6.18 Å². The fourth-order valence-corrected chi connectivity index (χ4v) is 2.58. The lowest BCUT2D eigenvalue weighted by Gasteiger charge is -2.16. The maximum Gasteiger partial charge on any atom is 0.418 e. The van der Waals surface area contributed by atoms with Crippen LogP contribution in [0.25, 0.3) is 0 Å². The van der Waals surface area contributed by atoms with E-state index in [1.807, 2.05) is 6.07 Å². The van der Waals surface area contributed by atoms with E-state index in [1.54, 1.807) is 12.1 Å². The van der Waals surface area contributed by atoms with Crippen LogP contribution in [0.1, 0.15) is 21.7 Å². The van der Waals surface area contributed by atoms with Crippen molar-refractivity contribution in [3.05, 3.63) is 77.7 Å². The highest BCUT2D eigenvalue weighted by Crippen LogP contribution is 2.36. The molecule has 0 spiro atoms. The first-order valence-corrected chi connectivity index (χ1v) is 8.76. The minimum Gasteiger partial charge on any atom is -0.482 e. The van der Waals surface area contributed by atoms with Crippen LogP contribution in [0.4, 0.5) is 24.5 Å². The number of halogens is 3. The third kappa shape index (κ3) is 5.42. The average molecular weight is 429 g/mol. The number of anilines is 2. The number of ether oxygens (including phenoxy) is 1. The fourth-order valence-electron chi connectivity index (χ4n) is 2.58. The molecule has 0 bridgehead atoms.